The van der Waals surface area contributed by atoms with Crippen molar-refractivity contribution in [2.24, 2.45) is 7.05 Å². The summed E-state index contributed by atoms with van der Waals surface area (Å²) in [5.74, 6) is 0. The summed E-state index contributed by atoms with van der Waals surface area (Å²) in [6.07, 6.45) is 2.47. The number of nitrogens with one attached hydrogen (secondary N) is 1. The van der Waals surface area contributed by atoms with Crippen LogP contribution in [0.1, 0.15) is 44.9 Å². The van der Waals surface area contributed by atoms with E-state index in [0.29, 0.717) is 12.6 Å². The van der Waals surface area contributed by atoms with E-state index in [-0.39, 0.29) is 11.0 Å². The van der Waals surface area contributed by atoms with Crippen LogP contribution in [0.4, 0.5) is 0 Å². The van der Waals surface area contributed by atoms with Crippen molar-refractivity contribution in [1.29, 1.82) is 0 Å². The zero-order chi connectivity index (χ0) is 12.6. The first-order valence-electron chi connectivity index (χ1n) is 6.19. The summed E-state index contributed by atoms with van der Waals surface area (Å²) in [5.41, 5.74) is 1.76. The van der Waals surface area contributed by atoms with E-state index >= 15 is 0 Å². The molecule has 2 rings (SSSR count). The molecule has 0 saturated heterocycles. The Balaban J connectivity index is 2.28. The largest absolute Gasteiger partial charge is 0.310 e. The molecule has 17 heavy (non-hydrogen) atoms. The maximum absolute atomic E-state index is 11.9. The van der Waals surface area contributed by atoms with Gasteiger partial charge in [0.2, 0.25) is 0 Å². The Hall–Kier alpha value is -1.16. The Morgan fingerprint density at radius 2 is 2.12 bits per heavy atom. The topological polar surface area (TPSA) is 46.9 Å². The van der Waals surface area contributed by atoms with Crippen LogP contribution in [0.15, 0.2) is 10.9 Å². The Morgan fingerprint density at radius 3 is 2.65 bits per heavy atom. The van der Waals surface area contributed by atoms with Gasteiger partial charge in [-0.05, 0) is 18.9 Å². The highest BCUT2D eigenvalue weighted by Gasteiger charge is 2.22. The highest BCUT2D eigenvalue weighted by Crippen LogP contribution is 2.21. The van der Waals surface area contributed by atoms with Crippen molar-refractivity contribution in [2.45, 2.75) is 51.6 Å². The molecular formula is C13H21N3O. The standard InChI is InChI=1S/C13H21N3O/c1-13(2,3)11-7-9(8-14-10-5-6-10)12(17)16(4)15-11/h7,10,14H,5-6,8H2,1-4H3. The van der Waals surface area contributed by atoms with E-state index in [1.54, 1.807) is 7.05 Å². The van der Waals surface area contributed by atoms with Gasteiger partial charge in [0.25, 0.3) is 5.56 Å². The zero-order valence-electron chi connectivity index (χ0n) is 11.1. The Morgan fingerprint density at radius 1 is 1.47 bits per heavy atom. The van der Waals surface area contributed by atoms with Gasteiger partial charge in [-0.15, -0.1) is 0 Å². The predicted molar refractivity (Wildman–Crippen MR) is 68.0 cm³/mol. The third-order valence-electron chi connectivity index (χ3n) is 3.06. The lowest BCUT2D eigenvalue weighted by Crippen LogP contribution is -2.31. The van der Waals surface area contributed by atoms with Crippen LogP contribution in [0.5, 0.6) is 0 Å². The van der Waals surface area contributed by atoms with Gasteiger partial charge in [-0.1, -0.05) is 20.8 Å². The lowest BCUT2D eigenvalue weighted by Gasteiger charge is -2.19. The quantitative estimate of drug-likeness (QED) is 0.859. The molecule has 0 atom stereocenters. The van der Waals surface area contributed by atoms with Crippen molar-refractivity contribution in [1.82, 2.24) is 15.1 Å². The molecular weight excluding hydrogens is 214 g/mol. The van der Waals surface area contributed by atoms with Gasteiger partial charge in [-0.2, -0.15) is 5.10 Å². The van der Waals surface area contributed by atoms with Crippen molar-refractivity contribution >= 4 is 0 Å². The van der Waals surface area contributed by atoms with Crippen LogP contribution < -0.4 is 10.9 Å². The predicted octanol–water partition coefficient (Wildman–Crippen LogP) is 1.33. The fraction of sp³-hybridized carbons (Fsp3) is 0.692. The normalized spacial score (nSPS) is 16.2. The third-order valence-corrected chi connectivity index (χ3v) is 3.06. The van der Waals surface area contributed by atoms with Crippen LogP contribution in [-0.2, 0) is 19.0 Å². The minimum atomic E-state index is -0.0280. The van der Waals surface area contributed by atoms with Crippen LogP contribution in [0.3, 0.4) is 0 Å². The Kier molecular flexibility index (Phi) is 3.08. The van der Waals surface area contributed by atoms with Crippen LogP contribution in [0.2, 0.25) is 0 Å². The molecule has 1 aromatic rings. The number of aromatic nitrogens is 2. The molecule has 1 N–H and O–H groups in total. The molecule has 94 valence electrons. The maximum Gasteiger partial charge on any atom is 0.270 e. The second kappa shape index (κ2) is 4.26. The molecule has 0 aliphatic heterocycles. The zero-order valence-corrected chi connectivity index (χ0v) is 11.1. The Labute approximate surface area is 102 Å². The highest BCUT2D eigenvalue weighted by atomic mass is 16.1. The lowest BCUT2D eigenvalue weighted by molar-refractivity contribution is 0.524. The molecule has 4 nitrogen and oxygen atoms in total. The number of nitrogens with zero attached hydrogens (tertiary/aromatic N) is 2. The molecule has 1 fully saturated rings. The SMILES string of the molecule is Cn1nc(C(C)(C)C)cc(CNC2CC2)c1=O. The van der Waals surface area contributed by atoms with E-state index in [2.05, 4.69) is 31.2 Å². The number of hydrogen-bond donors (Lipinski definition) is 1. The van der Waals surface area contributed by atoms with Gasteiger partial charge in [0.05, 0.1) is 5.69 Å². The van der Waals surface area contributed by atoms with E-state index in [9.17, 15) is 4.79 Å². The number of aryl methyl sites for hydroxylation is 1. The van der Waals surface area contributed by atoms with Crippen LogP contribution in [-0.4, -0.2) is 15.8 Å². The van der Waals surface area contributed by atoms with Gasteiger partial charge >= 0.3 is 0 Å². The molecule has 1 heterocycles. The average molecular weight is 235 g/mol. The fourth-order valence-electron chi connectivity index (χ4n) is 1.71. The van der Waals surface area contributed by atoms with Gasteiger partial charge in [0.1, 0.15) is 0 Å². The molecule has 0 radical (unpaired) electrons. The lowest BCUT2D eigenvalue weighted by atomic mass is 9.91. The molecule has 1 aliphatic rings. The molecule has 0 bridgehead atoms. The van der Waals surface area contributed by atoms with Crippen LogP contribution in [0, 0.1) is 0 Å². The second-order valence-electron chi connectivity index (χ2n) is 5.89. The summed E-state index contributed by atoms with van der Waals surface area (Å²) in [5, 5.41) is 7.70. The van der Waals surface area contributed by atoms with Crippen molar-refractivity contribution in [3.8, 4) is 0 Å². The second-order valence-corrected chi connectivity index (χ2v) is 5.89. The van der Waals surface area contributed by atoms with Crippen molar-refractivity contribution in [2.75, 3.05) is 0 Å². The fourth-order valence-corrected chi connectivity index (χ4v) is 1.71. The summed E-state index contributed by atoms with van der Waals surface area (Å²) in [4.78, 5) is 11.9. The van der Waals surface area contributed by atoms with Gasteiger partial charge < -0.3 is 5.32 Å². The molecule has 0 spiro atoms. The first-order chi connectivity index (χ1) is 7.88. The molecule has 1 saturated carbocycles. The van der Waals surface area contributed by atoms with Crippen LogP contribution in [0.25, 0.3) is 0 Å². The van der Waals surface area contributed by atoms with Crippen molar-refractivity contribution < 1.29 is 0 Å². The smallest absolute Gasteiger partial charge is 0.270 e. The van der Waals surface area contributed by atoms with Gasteiger partial charge in [-0.25, -0.2) is 4.68 Å². The van der Waals surface area contributed by atoms with Gasteiger partial charge in [-0.3, -0.25) is 4.79 Å². The monoisotopic (exact) mass is 235 g/mol. The molecule has 0 unspecified atom stereocenters. The van der Waals surface area contributed by atoms with Crippen LogP contribution >= 0.6 is 0 Å². The molecule has 4 heteroatoms. The average Bonchev–Trinajstić information content (AvgIpc) is 3.02. The van der Waals surface area contributed by atoms with E-state index < -0.39 is 0 Å². The van der Waals surface area contributed by atoms with Gasteiger partial charge in [0.15, 0.2) is 0 Å². The van der Waals surface area contributed by atoms with E-state index in [4.69, 9.17) is 0 Å². The molecule has 0 aromatic carbocycles. The maximum atomic E-state index is 11.9. The summed E-state index contributed by atoms with van der Waals surface area (Å²) in [7, 11) is 1.72. The minimum absolute atomic E-state index is 0.00569. The minimum Gasteiger partial charge on any atom is -0.310 e. The third kappa shape index (κ3) is 2.94. The highest BCUT2D eigenvalue weighted by molar-refractivity contribution is 5.19. The summed E-state index contributed by atoms with van der Waals surface area (Å²) in [6.45, 7) is 6.98. The molecule has 0 amide bonds. The van der Waals surface area contributed by atoms with Crippen molar-refractivity contribution in [3.63, 3.8) is 0 Å². The van der Waals surface area contributed by atoms with Gasteiger partial charge in [0, 0.05) is 30.6 Å². The van der Waals surface area contributed by atoms with E-state index in [1.165, 1.54) is 17.5 Å². The first kappa shape index (κ1) is 12.3. The first-order valence-corrected chi connectivity index (χ1v) is 6.19. The molecule has 1 aliphatic carbocycles. The van der Waals surface area contributed by atoms with E-state index in [1.807, 2.05) is 6.07 Å². The van der Waals surface area contributed by atoms with E-state index in [0.717, 1.165) is 11.3 Å². The summed E-state index contributed by atoms with van der Waals surface area (Å²) in [6, 6.07) is 2.56. The molecule has 1 aromatic heterocycles. The van der Waals surface area contributed by atoms with Crippen molar-refractivity contribution in [3.05, 3.63) is 27.7 Å². The number of hydrogen-bond acceptors (Lipinski definition) is 3. The Bertz CT molecular complexity index is 467. The summed E-state index contributed by atoms with van der Waals surface area (Å²) >= 11 is 0. The number of rotatable bonds is 3. The summed E-state index contributed by atoms with van der Waals surface area (Å²) < 4.78 is 1.45.